The third-order valence-electron chi connectivity index (χ3n) is 3.94. The van der Waals surface area contributed by atoms with Gasteiger partial charge in [-0.2, -0.15) is 5.10 Å². The van der Waals surface area contributed by atoms with Crippen LogP contribution in [0.4, 0.5) is 5.82 Å². The summed E-state index contributed by atoms with van der Waals surface area (Å²) < 4.78 is 1.93. The lowest BCUT2D eigenvalue weighted by Crippen LogP contribution is -2.18. The minimum Gasteiger partial charge on any atom is -0.477 e. The molecule has 0 aliphatic carbocycles. The van der Waals surface area contributed by atoms with E-state index < -0.39 is 5.97 Å². The molecule has 6 heteroatoms. The highest BCUT2D eigenvalue weighted by Crippen LogP contribution is 2.28. The Morgan fingerprint density at radius 2 is 1.87 bits per heavy atom. The van der Waals surface area contributed by atoms with Gasteiger partial charge >= 0.3 is 5.97 Å². The number of pyridine rings is 1. The minimum atomic E-state index is -1.01. The monoisotopic (exact) mass is 306 g/mol. The van der Waals surface area contributed by atoms with Crippen LogP contribution < -0.4 is 4.90 Å². The molecule has 3 aromatic rings. The normalized spacial score (nSPS) is 13.1. The van der Waals surface area contributed by atoms with Crippen LogP contribution in [0, 0.1) is 0 Å². The van der Waals surface area contributed by atoms with E-state index in [-0.39, 0.29) is 5.69 Å². The summed E-state index contributed by atoms with van der Waals surface area (Å²) in [5.41, 5.74) is 3.32. The van der Waals surface area contributed by atoms with Crippen molar-refractivity contribution < 1.29 is 9.90 Å². The minimum absolute atomic E-state index is 0.0585. The van der Waals surface area contributed by atoms with Gasteiger partial charge in [-0.3, -0.25) is 0 Å². The van der Waals surface area contributed by atoms with E-state index in [4.69, 9.17) is 5.11 Å². The van der Waals surface area contributed by atoms with Crippen molar-refractivity contribution in [1.29, 1.82) is 0 Å². The maximum atomic E-state index is 11.1. The summed E-state index contributed by atoms with van der Waals surface area (Å²) in [6, 6.07) is 15.0. The van der Waals surface area contributed by atoms with Gasteiger partial charge in [-0.1, -0.05) is 24.3 Å². The Hall–Kier alpha value is -3.15. The predicted octanol–water partition coefficient (Wildman–Crippen LogP) is 2.49. The molecule has 0 bridgehead atoms. The molecule has 23 heavy (non-hydrogen) atoms. The number of aromatic nitrogens is 3. The predicted molar refractivity (Wildman–Crippen MR) is 84.6 cm³/mol. The summed E-state index contributed by atoms with van der Waals surface area (Å²) in [6.07, 6.45) is 1.86. The topological polar surface area (TPSA) is 71.2 Å². The van der Waals surface area contributed by atoms with E-state index in [2.05, 4.69) is 15.0 Å². The third kappa shape index (κ3) is 2.34. The zero-order valence-corrected chi connectivity index (χ0v) is 12.3. The maximum absolute atomic E-state index is 11.1. The smallest absolute Gasteiger partial charge is 0.354 e. The number of carbonyl (C=O) groups is 1. The summed E-state index contributed by atoms with van der Waals surface area (Å²) >= 11 is 0. The summed E-state index contributed by atoms with van der Waals surface area (Å²) in [4.78, 5) is 17.4. The molecule has 1 aliphatic heterocycles. The largest absolute Gasteiger partial charge is 0.477 e. The van der Waals surface area contributed by atoms with E-state index in [1.54, 1.807) is 6.07 Å². The Bertz CT molecular complexity index is 873. The molecule has 0 spiro atoms. The van der Waals surface area contributed by atoms with E-state index in [1.807, 2.05) is 47.3 Å². The van der Waals surface area contributed by atoms with Gasteiger partial charge in [0.05, 0.1) is 24.1 Å². The number of benzene rings is 1. The number of para-hydroxylation sites is 1. The average molecular weight is 306 g/mol. The Morgan fingerprint density at radius 3 is 2.65 bits per heavy atom. The van der Waals surface area contributed by atoms with E-state index in [0.29, 0.717) is 18.9 Å². The average Bonchev–Trinajstić information content (AvgIpc) is 3.16. The van der Waals surface area contributed by atoms with E-state index >= 15 is 0 Å². The zero-order valence-electron chi connectivity index (χ0n) is 12.3. The Balaban J connectivity index is 1.65. The van der Waals surface area contributed by atoms with Gasteiger partial charge < -0.3 is 10.0 Å². The standard InChI is InChI=1S/C17H14N4O2/c22-17(23)14-7-4-8-16(19-14)20-10-12-9-18-21(15(12)11-20)13-5-2-1-3-6-13/h1-9H,10-11H2,(H,22,23). The van der Waals surface area contributed by atoms with Crippen LogP contribution in [-0.2, 0) is 13.1 Å². The lowest BCUT2D eigenvalue weighted by Gasteiger charge is -2.17. The van der Waals surface area contributed by atoms with Crippen molar-refractivity contribution in [2.75, 3.05) is 4.90 Å². The molecule has 0 fully saturated rings. The fraction of sp³-hybridized carbons (Fsp3) is 0.118. The van der Waals surface area contributed by atoms with Crippen molar-refractivity contribution in [2.45, 2.75) is 13.1 Å². The van der Waals surface area contributed by atoms with Crippen LogP contribution in [0.25, 0.3) is 5.69 Å². The van der Waals surface area contributed by atoms with Gasteiger partial charge in [0, 0.05) is 12.1 Å². The number of anilines is 1. The first-order valence-electron chi connectivity index (χ1n) is 7.29. The maximum Gasteiger partial charge on any atom is 0.354 e. The van der Waals surface area contributed by atoms with Crippen molar-refractivity contribution in [1.82, 2.24) is 14.8 Å². The van der Waals surface area contributed by atoms with Crippen molar-refractivity contribution >= 4 is 11.8 Å². The van der Waals surface area contributed by atoms with Gasteiger partial charge in [-0.15, -0.1) is 0 Å². The third-order valence-corrected chi connectivity index (χ3v) is 3.94. The summed E-state index contributed by atoms with van der Waals surface area (Å²) in [5.74, 6) is -0.347. The molecule has 114 valence electrons. The van der Waals surface area contributed by atoms with Crippen molar-refractivity contribution in [3.05, 3.63) is 71.7 Å². The van der Waals surface area contributed by atoms with Gasteiger partial charge in [-0.25, -0.2) is 14.5 Å². The summed E-state index contributed by atoms with van der Waals surface area (Å²) in [5, 5.41) is 13.5. The molecule has 0 radical (unpaired) electrons. The van der Waals surface area contributed by atoms with Crippen LogP contribution in [0.5, 0.6) is 0 Å². The molecule has 3 heterocycles. The second-order valence-corrected chi connectivity index (χ2v) is 5.41. The van der Waals surface area contributed by atoms with Gasteiger partial charge in [0.15, 0.2) is 5.69 Å². The van der Waals surface area contributed by atoms with Gasteiger partial charge in [0.25, 0.3) is 0 Å². The fourth-order valence-corrected chi connectivity index (χ4v) is 2.82. The number of carboxylic acid groups (broad SMARTS) is 1. The lowest BCUT2D eigenvalue weighted by atomic mass is 10.3. The molecule has 1 aliphatic rings. The van der Waals surface area contributed by atoms with Crippen LogP contribution in [0.1, 0.15) is 21.7 Å². The van der Waals surface area contributed by atoms with Crippen LogP contribution >= 0.6 is 0 Å². The number of fused-ring (bicyclic) bond motifs is 1. The Labute approximate surface area is 132 Å². The van der Waals surface area contributed by atoms with Gasteiger partial charge in [-0.05, 0) is 24.3 Å². The molecule has 2 aromatic heterocycles. The molecular weight excluding hydrogens is 292 g/mol. The molecule has 1 N–H and O–H groups in total. The summed E-state index contributed by atoms with van der Waals surface area (Å²) in [6.45, 7) is 1.33. The zero-order chi connectivity index (χ0) is 15.8. The molecule has 0 atom stereocenters. The fourth-order valence-electron chi connectivity index (χ4n) is 2.82. The quantitative estimate of drug-likeness (QED) is 0.805. The second-order valence-electron chi connectivity index (χ2n) is 5.41. The van der Waals surface area contributed by atoms with Crippen LogP contribution in [0.3, 0.4) is 0 Å². The van der Waals surface area contributed by atoms with Crippen LogP contribution in [0.2, 0.25) is 0 Å². The number of hydrogen-bond donors (Lipinski definition) is 1. The first-order valence-corrected chi connectivity index (χ1v) is 7.29. The Morgan fingerprint density at radius 1 is 1.04 bits per heavy atom. The van der Waals surface area contributed by atoms with Gasteiger partial charge in [0.2, 0.25) is 0 Å². The highest BCUT2D eigenvalue weighted by atomic mass is 16.4. The highest BCUT2D eigenvalue weighted by Gasteiger charge is 2.25. The van der Waals surface area contributed by atoms with Crippen molar-refractivity contribution in [3.63, 3.8) is 0 Å². The number of carboxylic acids is 1. The van der Waals surface area contributed by atoms with E-state index in [1.165, 1.54) is 6.07 Å². The Kier molecular flexibility index (Phi) is 3.08. The molecule has 1 aromatic carbocycles. The van der Waals surface area contributed by atoms with E-state index in [9.17, 15) is 4.79 Å². The molecule has 0 amide bonds. The van der Waals surface area contributed by atoms with Crippen LogP contribution in [-0.4, -0.2) is 25.8 Å². The van der Waals surface area contributed by atoms with Gasteiger partial charge in [0.1, 0.15) is 5.82 Å². The van der Waals surface area contributed by atoms with Crippen molar-refractivity contribution in [3.8, 4) is 5.69 Å². The molecule has 0 unspecified atom stereocenters. The molecule has 0 saturated carbocycles. The first-order chi connectivity index (χ1) is 11.2. The first kappa shape index (κ1) is 13.5. The molecule has 0 saturated heterocycles. The molecular formula is C17H14N4O2. The molecule has 4 rings (SSSR count). The summed E-state index contributed by atoms with van der Waals surface area (Å²) in [7, 11) is 0. The number of aromatic carboxylic acids is 1. The lowest BCUT2D eigenvalue weighted by molar-refractivity contribution is 0.0690. The van der Waals surface area contributed by atoms with Crippen molar-refractivity contribution in [2.24, 2.45) is 0 Å². The second kappa shape index (κ2) is 5.24. The van der Waals surface area contributed by atoms with E-state index in [0.717, 1.165) is 16.9 Å². The number of hydrogen-bond acceptors (Lipinski definition) is 4. The van der Waals surface area contributed by atoms with Crippen LogP contribution in [0.15, 0.2) is 54.7 Å². The number of nitrogens with zero attached hydrogens (tertiary/aromatic N) is 4. The SMILES string of the molecule is O=C(O)c1cccc(N2Cc3cnn(-c4ccccc4)c3C2)n1. The molecule has 6 nitrogen and oxygen atoms in total. The highest BCUT2D eigenvalue weighted by molar-refractivity contribution is 5.85. The number of rotatable bonds is 3.